The van der Waals surface area contributed by atoms with Crippen LogP contribution < -0.4 is 5.56 Å². The van der Waals surface area contributed by atoms with Crippen LogP contribution in [0.5, 0.6) is 0 Å². The first-order valence-electron chi connectivity index (χ1n) is 6.79. The Bertz CT molecular complexity index is 731. The monoisotopic (exact) mass is 271 g/mol. The summed E-state index contributed by atoms with van der Waals surface area (Å²) in [5.74, 6) is 0.506. The fourth-order valence-electron chi connectivity index (χ4n) is 2.41. The van der Waals surface area contributed by atoms with Crippen molar-refractivity contribution in [3.8, 4) is 0 Å². The minimum absolute atomic E-state index is 0.122. The van der Waals surface area contributed by atoms with Gasteiger partial charge in [0.1, 0.15) is 0 Å². The molecule has 0 bridgehead atoms. The summed E-state index contributed by atoms with van der Waals surface area (Å²) in [5, 5.41) is 5.33. The zero-order chi connectivity index (χ0) is 14.3. The van der Waals surface area contributed by atoms with Gasteiger partial charge in [0.05, 0.1) is 5.39 Å². The minimum atomic E-state index is -0.179. The first-order valence-corrected chi connectivity index (χ1v) is 6.79. The zero-order valence-electron chi connectivity index (χ0n) is 11.7. The quantitative estimate of drug-likeness (QED) is 0.848. The number of carbonyl (C=O) groups excluding carboxylic acids is 1. The van der Waals surface area contributed by atoms with Gasteiger partial charge in [0.2, 0.25) is 0 Å². The number of hydrogen-bond donors (Lipinski definition) is 0. The van der Waals surface area contributed by atoms with Gasteiger partial charge in [0.15, 0.2) is 5.69 Å². The Labute approximate surface area is 116 Å². The van der Waals surface area contributed by atoms with Crippen LogP contribution in [0, 0.1) is 5.92 Å². The van der Waals surface area contributed by atoms with Crippen LogP contribution in [-0.4, -0.2) is 34.2 Å². The molecular formula is C15H17N3O2. The molecule has 1 aliphatic rings. The molecule has 20 heavy (non-hydrogen) atoms. The third-order valence-electron chi connectivity index (χ3n) is 3.73. The Kier molecular flexibility index (Phi) is 3.04. The average molecular weight is 271 g/mol. The first kappa shape index (κ1) is 12.8. The Morgan fingerprint density at radius 3 is 2.65 bits per heavy atom. The van der Waals surface area contributed by atoms with Crippen molar-refractivity contribution < 1.29 is 4.79 Å². The predicted octanol–water partition coefficient (Wildman–Crippen LogP) is 1.42. The van der Waals surface area contributed by atoms with Gasteiger partial charge in [0, 0.05) is 26.0 Å². The highest BCUT2D eigenvalue weighted by molar-refractivity contribution is 6.04. The van der Waals surface area contributed by atoms with Gasteiger partial charge < -0.3 is 4.90 Å². The molecule has 0 aliphatic heterocycles. The molecule has 1 heterocycles. The summed E-state index contributed by atoms with van der Waals surface area (Å²) in [7, 11) is 3.37. The molecule has 0 saturated heterocycles. The smallest absolute Gasteiger partial charge is 0.274 e. The van der Waals surface area contributed by atoms with Crippen molar-refractivity contribution in [1.29, 1.82) is 0 Å². The lowest BCUT2D eigenvalue weighted by Gasteiger charge is -2.17. The molecule has 5 heteroatoms. The van der Waals surface area contributed by atoms with E-state index in [4.69, 9.17) is 0 Å². The lowest BCUT2D eigenvalue weighted by Crippen LogP contribution is -2.32. The number of hydrogen-bond acceptors (Lipinski definition) is 3. The fraction of sp³-hybridized carbons (Fsp3) is 0.400. The molecule has 0 spiro atoms. The lowest BCUT2D eigenvalue weighted by atomic mass is 10.1. The molecule has 0 unspecified atom stereocenters. The van der Waals surface area contributed by atoms with Gasteiger partial charge >= 0.3 is 0 Å². The van der Waals surface area contributed by atoms with Crippen LogP contribution in [0.25, 0.3) is 10.8 Å². The number of rotatable bonds is 3. The number of nitrogens with zero attached hydrogens (tertiary/aromatic N) is 3. The van der Waals surface area contributed by atoms with Crippen LogP contribution in [-0.2, 0) is 7.05 Å². The van der Waals surface area contributed by atoms with Gasteiger partial charge in [-0.05, 0) is 24.8 Å². The molecule has 0 radical (unpaired) electrons. The number of amides is 1. The topological polar surface area (TPSA) is 55.2 Å². The normalized spacial score (nSPS) is 14.5. The largest absolute Gasteiger partial charge is 0.340 e. The highest BCUT2D eigenvalue weighted by Crippen LogP contribution is 2.29. The number of aryl methyl sites for hydroxylation is 1. The second kappa shape index (κ2) is 4.74. The number of carbonyl (C=O) groups is 1. The average Bonchev–Trinajstić information content (AvgIpc) is 3.26. The molecule has 1 amide bonds. The minimum Gasteiger partial charge on any atom is -0.340 e. The molecule has 1 aliphatic carbocycles. The van der Waals surface area contributed by atoms with Crippen LogP contribution in [0.1, 0.15) is 23.3 Å². The van der Waals surface area contributed by atoms with Crippen molar-refractivity contribution in [2.24, 2.45) is 13.0 Å². The standard InChI is InChI=1S/C15H17N3O2/c1-17(9-10-7-8-10)15(20)13-11-5-3-4-6-12(11)14(19)18(2)16-13/h3-6,10H,7-9H2,1-2H3. The Hall–Kier alpha value is -2.17. The molecule has 0 atom stereocenters. The van der Waals surface area contributed by atoms with Crippen LogP contribution in [0.4, 0.5) is 0 Å². The van der Waals surface area contributed by atoms with Crippen LogP contribution in [0.3, 0.4) is 0 Å². The molecule has 3 rings (SSSR count). The van der Waals surface area contributed by atoms with E-state index in [0.29, 0.717) is 22.4 Å². The van der Waals surface area contributed by atoms with E-state index >= 15 is 0 Å². The predicted molar refractivity (Wildman–Crippen MR) is 76.7 cm³/mol. The van der Waals surface area contributed by atoms with Gasteiger partial charge in [0.25, 0.3) is 11.5 Å². The Morgan fingerprint density at radius 1 is 1.35 bits per heavy atom. The zero-order valence-corrected chi connectivity index (χ0v) is 11.7. The van der Waals surface area contributed by atoms with Gasteiger partial charge in [-0.25, -0.2) is 4.68 Å². The van der Waals surface area contributed by atoms with Crippen LogP contribution in [0.15, 0.2) is 29.1 Å². The van der Waals surface area contributed by atoms with E-state index < -0.39 is 0 Å². The van der Waals surface area contributed by atoms with Crippen LogP contribution in [0.2, 0.25) is 0 Å². The van der Waals surface area contributed by atoms with Crippen LogP contribution >= 0.6 is 0 Å². The first-order chi connectivity index (χ1) is 9.58. The van der Waals surface area contributed by atoms with Gasteiger partial charge in [-0.1, -0.05) is 18.2 Å². The Morgan fingerprint density at radius 2 is 2.00 bits per heavy atom. The summed E-state index contributed by atoms with van der Waals surface area (Å²) in [5.41, 5.74) is 0.174. The van der Waals surface area contributed by atoms with Crippen molar-refractivity contribution in [3.63, 3.8) is 0 Å². The van der Waals surface area contributed by atoms with E-state index in [1.165, 1.54) is 17.5 Å². The van der Waals surface area contributed by atoms with Gasteiger partial charge in [-0.2, -0.15) is 5.10 Å². The number of benzene rings is 1. The summed E-state index contributed by atoms with van der Waals surface area (Å²) in [6.07, 6.45) is 2.39. The van der Waals surface area contributed by atoms with E-state index in [1.54, 1.807) is 37.2 Å². The molecule has 1 fully saturated rings. The fourth-order valence-corrected chi connectivity index (χ4v) is 2.41. The summed E-state index contributed by atoms with van der Waals surface area (Å²) >= 11 is 0. The van der Waals surface area contributed by atoms with Crippen molar-refractivity contribution in [2.75, 3.05) is 13.6 Å². The van der Waals surface area contributed by atoms with Crippen molar-refractivity contribution in [1.82, 2.24) is 14.7 Å². The lowest BCUT2D eigenvalue weighted by molar-refractivity contribution is 0.0782. The van der Waals surface area contributed by atoms with E-state index in [-0.39, 0.29) is 11.5 Å². The van der Waals surface area contributed by atoms with E-state index in [1.807, 2.05) is 6.07 Å². The molecule has 1 aromatic heterocycles. The maximum absolute atomic E-state index is 12.5. The molecule has 1 saturated carbocycles. The van der Waals surface area contributed by atoms with E-state index in [2.05, 4.69) is 5.10 Å². The summed E-state index contributed by atoms with van der Waals surface area (Å²) < 4.78 is 1.24. The maximum atomic E-state index is 12.5. The van der Waals surface area contributed by atoms with Gasteiger partial charge in [-0.3, -0.25) is 9.59 Å². The maximum Gasteiger partial charge on any atom is 0.274 e. The second-order valence-corrected chi connectivity index (χ2v) is 5.45. The molecule has 2 aromatic rings. The SMILES string of the molecule is CN(CC1CC1)C(=O)c1nn(C)c(=O)c2ccccc12. The molecule has 0 N–H and O–H groups in total. The third-order valence-corrected chi connectivity index (χ3v) is 3.73. The van der Waals surface area contributed by atoms with Crippen molar-refractivity contribution in [3.05, 3.63) is 40.3 Å². The highest BCUT2D eigenvalue weighted by Gasteiger charge is 2.26. The van der Waals surface area contributed by atoms with Crippen molar-refractivity contribution in [2.45, 2.75) is 12.8 Å². The van der Waals surface area contributed by atoms with Gasteiger partial charge in [-0.15, -0.1) is 0 Å². The molecule has 1 aromatic carbocycles. The Balaban J connectivity index is 2.08. The molecule has 5 nitrogen and oxygen atoms in total. The molecule has 104 valence electrons. The number of fused-ring (bicyclic) bond motifs is 1. The summed E-state index contributed by atoms with van der Waals surface area (Å²) in [4.78, 5) is 26.3. The second-order valence-electron chi connectivity index (χ2n) is 5.45. The van der Waals surface area contributed by atoms with Crippen molar-refractivity contribution >= 4 is 16.7 Å². The summed E-state index contributed by atoms with van der Waals surface area (Å²) in [6, 6.07) is 7.13. The number of aromatic nitrogens is 2. The third kappa shape index (κ3) is 2.19. The molecular weight excluding hydrogens is 254 g/mol. The highest BCUT2D eigenvalue weighted by atomic mass is 16.2. The van der Waals surface area contributed by atoms with E-state index in [9.17, 15) is 9.59 Å². The van der Waals surface area contributed by atoms with E-state index in [0.717, 1.165) is 6.54 Å². The summed E-state index contributed by atoms with van der Waals surface area (Å²) in [6.45, 7) is 0.762.